The minimum absolute atomic E-state index is 0.0628. The molecule has 3 atom stereocenters. The Labute approximate surface area is 60.8 Å². The molecule has 2 aliphatic rings. The lowest BCUT2D eigenvalue weighted by Crippen LogP contribution is -2.27. The molecular formula is C8H13NO. The van der Waals surface area contributed by atoms with Crippen molar-refractivity contribution in [2.45, 2.75) is 25.7 Å². The Hall–Kier alpha value is -0.530. The number of nitrogens with two attached hydrogens (primary N) is 1. The zero-order valence-electron chi connectivity index (χ0n) is 6.05. The largest absolute Gasteiger partial charge is 0.369 e. The van der Waals surface area contributed by atoms with Crippen LogP contribution in [0.1, 0.15) is 25.7 Å². The lowest BCUT2D eigenvalue weighted by Gasteiger charge is -2.17. The van der Waals surface area contributed by atoms with Crippen molar-refractivity contribution >= 4 is 5.91 Å². The van der Waals surface area contributed by atoms with Crippen LogP contribution in [0.4, 0.5) is 0 Å². The summed E-state index contributed by atoms with van der Waals surface area (Å²) >= 11 is 0. The van der Waals surface area contributed by atoms with Gasteiger partial charge in [0.25, 0.3) is 0 Å². The molecular weight excluding hydrogens is 126 g/mol. The minimum Gasteiger partial charge on any atom is -0.369 e. The monoisotopic (exact) mass is 139 g/mol. The van der Waals surface area contributed by atoms with Crippen LogP contribution < -0.4 is 5.73 Å². The van der Waals surface area contributed by atoms with E-state index < -0.39 is 0 Å². The molecule has 2 nitrogen and oxygen atoms in total. The number of rotatable bonds is 1. The zero-order valence-corrected chi connectivity index (χ0v) is 6.05. The molecule has 0 saturated heterocycles. The van der Waals surface area contributed by atoms with Crippen LogP contribution in [0.3, 0.4) is 0 Å². The molecule has 2 rings (SSSR count). The molecule has 2 bridgehead atoms. The number of primary amides is 1. The average molecular weight is 139 g/mol. The fraction of sp³-hybridized carbons (Fsp3) is 0.875. The molecule has 0 heterocycles. The average Bonchev–Trinajstić information content (AvgIpc) is 2.44. The van der Waals surface area contributed by atoms with Gasteiger partial charge in [-0.05, 0) is 31.1 Å². The molecule has 56 valence electrons. The van der Waals surface area contributed by atoms with Crippen LogP contribution in [0.25, 0.3) is 0 Å². The Bertz CT molecular complexity index is 167. The summed E-state index contributed by atoms with van der Waals surface area (Å²) in [7, 11) is 0. The Morgan fingerprint density at radius 3 is 2.40 bits per heavy atom. The van der Waals surface area contributed by atoms with E-state index in [0.29, 0.717) is 5.92 Å². The number of carbonyl (C=O) groups excluding carboxylic acids is 1. The van der Waals surface area contributed by atoms with Crippen molar-refractivity contribution in [1.82, 2.24) is 0 Å². The van der Waals surface area contributed by atoms with Crippen LogP contribution in [-0.4, -0.2) is 5.91 Å². The first-order chi connectivity index (χ1) is 4.77. The normalized spacial score (nSPS) is 44.2. The van der Waals surface area contributed by atoms with E-state index in [0.717, 1.165) is 12.3 Å². The maximum absolute atomic E-state index is 10.8. The molecule has 1 amide bonds. The third-order valence-corrected chi connectivity index (χ3v) is 3.10. The fourth-order valence-corrected chi connectivity index (χ4v) is 2.59. The van der Waals surface area contributed by atoms with Crippen LogP contribution in [0, 0.1) is 17.8 Å². The van der Waals surface area contributed by atoms with Gasteiger partial charge in [0.15, 0.2) is 0 Å². The van der Waals surface area contributed by atoms with Gasteiger partial charge in [-0.15, -0.1) is 0 Å². The van der Waals surface area contributed by atoms with Gasteiger partial charge in [0.1, 0.15) is 0 Å². The summed E-state index contributed by atoms with van der Waals surface area (Å²) in [5, 5.41) is 0. The number of fused-ring (bicyclic) bond motifs is 2. The van der Waals surface area contributed by atoms with Crippen molar-refractivity contribution in [3.8, 4) is 0 Å². The highest BCUT2D eigenvalue weighted by Gasteiger charge is 2.41. The summed E-state index contributed by atoms with van der Waals surface area (Å²) in [6.45, 7) is 0. The van der Waals surface area contributed by atoms with Gasteiger partial charge in [-0.2, -0.15) is 0 Å². The third-order valence-electron chi connectivity index (χ3n) is 3.10. The zero-order chi connectivity index (χ0) is 7.14. The Morgan fingerprint density at radius 2 is 2.10 bits per heavy atom. The van der Waals surface area contributed by atoms with Crippen LogP contribution in [0.2, 0.25) is 0 Å². The van der Waals surface area contributed by atoms with Gasteiger partial charge in [0.05, 0.1) is 0 Å². The predicted octanol–water partition coefficient (Wildman–Crippen LogP) is 0.908. The molecule has 2 N–H and O–H groups in total. The SMILES string of the molecule is NC(=O)[C@H]1C[C@@H]2CC[C@@H]1C2. The highest BCUT2D eigenvalue weighted by molar-refractivity contribution is 5.77. The molecule has 0 aromatic rings. The summed E-state index contributed by atoms with van der Waals surface area (Å²) in [5.74, 6) is 1.66. The van der Waals surface area contributed by atoms with Gasteiger partial charge in [-0.25, -0.2) is 0 Å². The molecule has 2 aliphatic carbocycles. The van der Waals surface area contributed by atoms with Crippen LogP contribution in [-0.2, 0) is 4.79 Å². The lowest BCUT2D eigenvalue weighted by atomic mass is 9.88. The number of hydrogen-bond donors (Lipinski definition) is 1. The van der Waals surface area contributed by atoms with E-state index in [4.69, 9.17) is 5.73 Å². The first-order valence-corrected chi connectivity index (χ1v) is 4.06. The second-order valence-electron chi connectivity index (χ2n) is 3.68. The Balaban J connectivity index is 2.08. The fourth-order valence-electron chi connectivity index (χ4n) is 2.59. The van der Waals surface area contributed by atoms with Crippen LogP contribution in [0.15, 0.2) is 0 Å². The molecule has 0 radical (unpaired) electrons. The highest BCUT2D eigenvalue weighted by atomic mass is 16.1. The summed E-state index contributed by atoms with van der Waals surface area (Å²) in [5.41, 5.74) is 5.25. The molecule has 0 spiro atoms. The molecule has 10 heavy (non-hydrogen) atoms. The van der Waals surface area contributed by atoms with Gasteiger partial charge in [-0.1, -0.05) is 6.42 Å². The first kappa shape index (κ1) is 6.20. The molecule has 0 unspecified atom stereocenters. The number of carbonyl (C=O) groups is 1. The van der Waals surface area contributed by atoms with Crippen molar-refractivity contribution < 1.29 is 4.79 Å². The Morgan fingerprint density at radius 1 is 1.30 bits per heavy atom. The standard InChI is InChI=1S/C8H13NO/c9-8(10)7-4-5-1-2-6(7)3-5/h5-7H,1-4H2,(H2,9,10)/t5-,6-,7+/m1/s1. The van der Waals surface area contributed by atoms with E-state index in [1.165, 1.54) is 19.3 Å². The van der Waals surface area contributed by atoms with E-state index in [1.807, 2.05) is 0 Å². The molecule has 2 heteroatoms. The lowest BCUT2D eigenvalue weighted by molar-refractivity contribution is -0.123. The van der Waals surface area contributed by atoms with Crippen molar-refractivity contribution in [1.29, 1.82) is 0 Å². The van der Waals surface area contributed by atoms with Crippen LogP contribution >= 0.6 is 0 Å². The summed E-state index contributed by atoms with van der Waals surface area (Å²) in [6, 6.07) is 0. The second-order valence-corrected chi connectivity index (χ2v) is 3.68. The van der Waals surface area contributed by atoms with Gasteiger partial charge < -0.3 is 5.73 Å². The van der Waals surface area contributed by atoms with Crippen molar-refractivity contribution in [2.75, 3.05) is 0 Å². The van der Waals surface area contributed by atoms with E-state index in [2.05, 4.69) is 0 Å². The predicted molar refractivity (Wildman–Crippen MR) is 38.1 cm³/mol. The van der Waals surface area contributed by atoms with Crippen molar-refractivity contribution in [3.05, 3.63) is 0 Å². The topological polar surface area (TPSA) is 43.1 Å². The van der Waals surface area contributed by atoms with Gasteiger partial charge in [-0.3, -0.25) is 4.79 Å². The second kappa shape index (κ2) is 1.97. The van der Waals surface area contributed by atoms with Gasteiger partial charge in [0, 0.05) is 5.92 Å². The molecule has 2 fully saturated rings. The van der Waals surface area contributed by atoms with Gasteiger partial charge in [0.2, 0.25) is 5.91 Å². The van der Waals surface area contributed by atoms with E-state index in [1.54, 1.807) is 0 Å². The number of amides is 1. The van der Waals surface area contributed by atoms with Crippen molar-refractivity contribution in [3.63, 3.8) is 0 Å². The molecule has 2 saturated carbocycles. The van der Waals surface area contributed by atoms with E-state index in [-0.39, 0.29) is 11.8 Å². The smallest absolute Gasteiger partial charge is 0.220 e. The van der Waals surface area contributed by atoms with E-state index in [9.17, 15) is 4.79 Å². The maximum Gasteiger partial charge on any atom is 0.220 e. The maximum atomic E-state index is 10.8. The summed E-state index contributed by atoms with van der Waals surface area (Å²) in [4.78, 5) is 10.8. The Kier molecular flexibility index (Phi) is 1.22. The van der Waals surface area contributed by atoms with Gasteiger partial charge >= 0.3 is 0 Å². The highest BCUT2D eigenvalue weighted by Crippen LogP contribution is 2.47. The first-order valence-electron chi connectivity index (χ1n) is 4.06. The molecule has 0 aromatic carbocycles. The third kappa shape index (κ3) is 0.746. The molecule has 0 aromatic heterocycles. The summed E-state index contributed by atoms with van der Waals surface area (Å²) < 4.78 is 0. The van der Waals surface area contributed by atoms with Crippen LogP contribution in [0.5, 0.6) is 0 Å². The quantitative estimate of drug-likeness (QED) is 0.576. The molecule has 0 aliphatic heterocycles. The minimum atomic E-state index is -0.0628. The number of hydrogen-bond acceptors (Lipinski definition) is 1. The van der Waals surface area contributed by atoms with Crippen molar-refractivity contribution in [2.24, 2.45) is 23.5 Å². The summed E-state index contributed by atoms with van der Waals surface area (Å²) in [6.07, 6.45) is 4.94. The van der Waals surface area contributed by atoms with E-state index >= 15 is 0 Å².